The summed E-state index contributed by atoms with van der Waals surface area (Å²) in [5.41, 5.74) is 4.20. The minimum atomic E-state index is -1.78. The highest BCUT2D eigenvalue weighted by atomic mass is 35.5. The van der Waals surface area contributed by atoms with Crippen molar-refractivity contribution in [3.8, 4) is 0 Å². The first-order chi connectivity index (χ1) is 12.3. The molecule has 4 N–H and O–H groups in total. The lowest BCUT2D eigenvalue weighted by Gasteiger charge is -2.36. The van der Waals surface area contributed by atoms with Gasteiger partial charge in [-0.1, -0.05) is 29.8 Å². The van der Waals surface area contributed by atoms with Gasteiger partial charge in [0.25, 0.3) is 0 Å². The molecular formula is C18H17ClFN3O3. The average Bonchev–Trinajstić information content (AvgIpc) is 2.96. The Bertz CT molecular complexity index is 846. The van der Waals surface area contributed by atoms with Gasteiger partial charge in [0.05, 0.1) is 6.10 Å². The van der Waals surface area contributed by atoms with Crippen LogP contribution in [0, 0.1) is 5.82 Å². The maximum Gasteiger partial charge on any atom is 0.323 e. The molecule has 0 spiro atoms. The number of halogens is 2. The Balaban J connectivity index is 2.00. The van der Waals surface area contributed by atoms with Gasteiger partial charge in [-0.05, 0) is 30.3 Å². The zero-order valence-corrected chi connectivity index (χ0v) is 14.4. The SMILES string of the molecule is NC(=O)C1(c2ccccc2F)CC(O)CN1C(=O)Nc1ccc(Cl)cc1. The average molecular weight is 378 g/mol. The topological polar surface area (TPSA) is 95.7 Å². The summed E-state index contributed by atoms with van der Waals surface area (Å²) in [5, 5.41) is 13.2. The van der Waals surface area contributed by atoms with Gasteiger partial charge in [-0.15, -0.1) is 0 Å². The van der Waals surface area contributed by atoms with Gasteiger partial charge in [0, 0.05) is 29.2 Å². The number of β-amino-alcohol motifs (C(OH)–C–C–N with tert-alkyl or cyclic N) is 1. The summed E-state index contributed by atoms with van der Waals surface area (Å²) in [7, 11) is 0. The van der Waals surface area contributed by atoms with Gasteiger partial charge in [0.15, 0.2) is 5.54 Å². The molecule has 2 atom stereocenters. The highest BCUT2D eigenvalue weighted by Crippen LogP contribution is 2.40. The van der Waals surface area contributed by atoms with E-state index >= 15 is 0 Å². The number of urea groups is 1. The highest BCUT2D eigenvalue weighted by Gasteiger charge is 2.54. The molecule has 3 amide bonds. The van der Waals surface area contributed by atoms with Crippen LogP contribution in [0.3, 0.4) is 0 Å². The van der Waals surface area contributed by atoms with E-state index in [1.54, 1.807) is 30.3 Å². The number of nitrogens with one attached hydrogen (secondary N) is 1. The van der Waals surface area contributed by atoms with Crippen LogP contribution < -0.4 is 11.1 Å². The monoisotopic (exact) mass is 377 g/mol. The summed E-state index contributed by atoms with van der Waals surface area (Å²) in [6, 6.07) is 11.3. The Morgan fingerprint density at radius 1 is 1.23 bits per heavy atom. The summed E-state index contributed by atoms with van der Waals surface area (Å²) >= 11 is 5.82. The molecule has 3 rings (SSSR count). The fourth-order valence-electron chi connectivity index (χ4n) is 3.28. The van der Waals surface area contributed by atoms with Gasteiger partial charge >= 0.3 is 6.03 Å². The van der Waals surface area contributed by atoms with Crippen LogP contribution in [0.4, 0.5) is 14.9 Å². The fraction of sp³-hybridized carbons (Fsp3) is 0.222. The highest BCUT2D eigenvalue weighted by molar-refractivity contribution is 6.30. The third-order valence-corrected chi connectivity index (χ3v) is 4.70. The molecule has 6 nitrogen and oxygen atoms in total. The van der Waals surface area contributed by atoms with E-state index in [1.807, 2.05) is 0 Å². The predicted octanol–water partition coefficient (Wildman–Crippen LogP) is 2.46. The minimum absolute atomic E-state index is 0.0460. The second kappa shape index (κ2) is 6.93. The number of anilines is 1. The van der Waals surface area contributed by atoms with Crippen molar-refractivity contribution < 1.29 is 19.1 Å². The predicted molar refractivity (Wildman–Crippen MR) is 95.1 cm³/mol. The van der Waals surface area contributed by atoms with Crippen molar-refractivity contribution in [1.82, 2.24) is 4.90 Å². The number of hydrogen-bond donors (Lipinski definition) is 3. The van der Waals surface area contributed by atoms with Crippen LogP contribution in [0.1, 0.15) is 12.0 Å². The molecule has 0 aliphatic carbocycles. The number of nitrogens with two attached hydrogens (primary N) is 1. The first-order valence-electron chi connectivity index (χ1n) is 7.92. The number of likely N-dealkylation sites (tertiary alicyclic amines) is 1. The molecule has 26 heavy (non-hydrogen) atoms. The summed E-state index contributed by atoms with van der Waals surface area (Å²) in [4.78, 5) is 26.2. The molecule has 8 heteroatoms. The number of amides is 3. The number of aliphatic hydroxyl groups excluding tert-OH is 1. The van der Waals surface area contributed by atoms with Gasteiger partial charge in [-0.3, -0.25) is 4.79 Å². The molecule has 1 aliphatic heterocycles. The van der Waals surface area contributed by atoms with E-state index in [2.05, 4.69) is 5.32 Å². The Morgan fingerprint density at radius 2 is 1.88 bits per heavy atom. The van der Waals surface area contributed by atoms with Crippen LogP contribution in [0.5, 0.6) is 0 Å². The minimum Gasteiger partial charge on any atom is -0.391 e. The number of rotatable bonds is 3. The smallest absolute Gasteiger partial charge is 0.323 e. The molecule has 1 heterocycles. The van der Waals surface area contributed by atoms with Crippen molar-refractivity contribution >= 4 is 29.2 Å². The summed E-state index contributed by atoms with van der Waals surface area (Å²) in [6.07, 6.45) is -1.20. The number of primary amides is 1. The lowest BCUT2D eigenvalue weighted by molar-refractivity contribution is -0.127. The van der Waals surface area contributed by atoms with Crippen LogP contribution >= 0.6 is 11.6 Å². The lowest BCUT2D eigenvalue weighted by Crippen LogP contribution is -2.55. The Hall–Kier alpha value is -2.64. The van der Waals surface area contributed by atoms with Crippen molar-refractivity contribution in [2.75, 3.05) is 11.9 Å². The molecule has 1 fully saturated rings. The Labute approximate surface area is 154 Å². The van der Waals surface area contributed by atoms with Gasteiger partial charge in [0.1, 0.15) is 5.82 Å². The van der Waals surface area contributed by atoms with Crippen molar-refractivity contribution in [3.05, 3.63) is 64.9 Å². The van der Waals surface area contributed by atoms with Gasteiger partial charge in [-0.25, -0.2) is 9.18 Å². The number of nitrogens with zero attached hydrogens (tertiary/aromatic N) is 1. The third kappa shape index (κ3) is 3.11. The molecule has 0 radical (unpaired) electrons. The molecule has 1 saturated heterocycles. The van der Waals surface area contributed by atoms with Crippen molar-refractivity contribution in [2.24, 2.45) is 5.73 Å². The Morgan fingerprint density at radius 3 is 2.50 bits per heavy atom. The summed E-state index contributed by atoms with van der Waals surface area (Å²) in [5.74, 6) is -1.59. The van der Waals surface area contributed by atoms with Crippen LogP contribution in [-0.4, -0.2) is 34.6 Å². The van der Waals surface area contributed by atoms with E-state index in [-0.39, 0.29) is 18.5 Å². The number of benzene rings is 2. The number of carbonyl (C=O) groups excluding carboxylic acids is 2. The van der Waals surface area contributed by atoms with Crippen molar-refractivity contribution in [1.29, 1.82) is 0 Å². The van der Waals surface area contributed by atoms with Crippen LogP contribution in [0.2, 0.25) is 5.02 Å². The van der Waals surface area contributed by atoms with Crippen molar-refractivity contribution in [3.63, 3.8) is 0 Å². The maximum atomic E-state index is 14.4. The number of carbonyl (C=O) groups is 2. The van der Waals surface area contributed by atoms with E-state index in [9.17, 15) is 19.1 Å². The molecule has 136 valence electrons. The number of hydrogen-bond acceptors (Lipinski definition) is 3. The first-order valence-corrected chi connectivity index (χ1v) is 8.29. The van der Waals surface area contributed by atoms with E-state index in [1.165, 1.54) is 18.2 Å². The quantitative estimate of drug-likeness (QED) is 0.766. The van der Waals surface area contributed by atoms with E-state index in [4.69, 9.17) is 17.3 Å². The molecule has 2 unspecified atom stereocenters. The second-order valence-electron chi connectivity index (χ2n) is 6.11. The van der Waals surface area contributed by atoms with Crippen LogP contribution in [0.25, 0.3) is 0 Å². The van der Waals surface area contributed by atoms with E-state index < -0.39 is 29.4 Å². The third-order valence-electron chi connectivity index (χ3n) is 4.45. The fourth-order valence-corrected chi connectivity index (χ4v) is 3.41. The largest absolute Gasteiger partial charge is 0.391 e. The zero-order valence-electron chi connectivity index (χ0n) is 13.7. The van der Waals surface area contributed by atoms with Crippen LogP contribution in [0.15, 0.2) is 48.5 Å². The second-order valence-corrected chi connectivity index (χ2v) is 6.55. The Kier molecular flexibility index (Phi) is 4.84. The molecule has 2 aromatic rings. The molecule has 2 aromatic carbocycles. The summed E-state index contributed by atoms with van der Waals surface area (Å²) in [6.45, 7) is -0.156. The van der Waals surface area contributed by atoms with E-state index in [0.717, 1.165) is 4.90 Å². The molecule has 1 aliphatic rings. The standard InChI is InChI=1S/C18H17ClFN3O3/c19-11-5-7-12(8-6-11)22-17(26)23-10-13(24)9-18(23,16(21)25)14-3-1-2-4-15(14)20/h1-8,13,24H,9-10H2,(H2,21,25)(H,22,26). The van der Waals surface area contributed by atoms with Crippen LogP contribution in [-0.2, 0) is 10.3 Å². The molecular weight excluding hydrogens is 361 g/mol. The molecule has 0 aromatic heterocycles. The zero-order chi connectivity index (χ0) is 18.9. The van der Waals surface area contributed by atoms with Crippen molar-refractivity contribution in [2.45, 2.75) is 18.1 Å². The normalized spacial score (nSPS) is 22.3. The van der Waals surface area contributed by atoms with Gasteiger partial charge < -0.3 is 21.1 Å². The van der Waals surface area contributed by atoms with Gasteiger partial charge in [0.2, 0.25) is 5.91 Å². The number of aliphatic hydroxyl groups is 1. The first kappa shape index (κ1) is 18.2. The molecule has 0 saturated carbocycles. The van der Waals surface area contributed by atoms with Gasteiger partial charge in [-0.2, -0.15) is 0 Å². The van der Waals surface area contributed by atoms with E-state index in [0.29, 0.717) is 10.7 Å². The maximum absolute atomic E-state index is 14.4. The summed E-state index contributed by atoms with van der Waals surface area (Å²) < 4.78 is 14.4. The lowest BCUT2D eigenvalue weighted by atomic mass is 9.85. The molecule has 0 bridgehead atoms.